The summed E-state index contributed by atoms with van der Waals surface area (Å²) in [5.41, 5.74) is 6.42. The van der Waals surface area contributed by atoms with Gasteiger partial charge in [0.1, 0.15) is 12.4 Å². The zero-order valence-corrected chi connectivity index (χ0v) is 17.5. The third-order valence-electron chi connectivity index (χ3n) is 4.41. The summed E-state index contributed by atoms with van der Waals surface area (Å²) < 4.78 is 10.5. The van der Waals surface area contributed by atoms with Crippen molar-refractivity contribution in [3.8, 4) is 5.75 Å². The quantitative estimate of drug-likeness (QED) is 0.374. The van der Waals surface area contributed by atoms with E-state index < -0.39 is 11.8 Å². The number of hydrazine groups is 1. The molecule has 0 unspecified atom stereocenters. The van der Waals surface area contributed by atoms with Crippen LogP contribution in [0.2, 0.25) is 0 Å². The Morgan fingerprint density at radius 1 is 0.688 bits per heavy atom. The lowest BCUT2D eigenvalue weighted by Gasteiger charge is -2.12. The summed E-state index contributed by atoms with van der Waals surface area (Å²) in [6, 6.07) is 21.8. The van der Waals surface area contributed by atoms with E-state index in [2.05, 4.69) is 16.2 Å². The van der Waals surface area contributed by atoms with Crippen LogP contribution in [0, 0.1) is 0 Å². The smallest absolute Gasteiger partial charge is 0.273 e. The Balaban J connectivity index is 1.55. The molecule has 164 valence electrons. The van der Waals surface area contributed by atoms with Crippen molar-refractivity contribution < 1.29 is 23.9 Å². The first-order valence-corrected chi connectivity index (χ1v) is 9.86. The Labute approximate surface area is 185 Å². The van der Waals surface area contributed by atoms with Gasteiger partial charge in [0.25, 0.3) is 17.7 Å². The lowest BCUT2D eigenvalue weighted by atomic mass is 10.1. The first kappa shape index (κ1) is 22.5. The molecule has 3 amide bonds. The van der Waals surface area contributed by atoms with Crippen LogP contribution >= 0.6 is 0 Å². The van der Waals surface area contributed by atoms with Gasteiger partial charge < -0.3 is 14.8 Å². The van der Waals surface area contributed by atoms with Crippen LogP contribution in [0.3, 0.4) is 0 Å². The standard InChI is InChI=1S/C24H23N3O5/c1-31-15-16-32-21-10-6-5-9-20(21)24(30)27-26-23(29)18-11-13-19(14-12-18)25-22(28)17-7-3-2-4-8-17/h2-14H,15-16H2,1H3,(H,25,28)(H,26,29)(H,27,30). The number of hydrogen-bond donors (Lipinski definition) is 3. The fourth-order valence-electron chi connectivity index (χ4n) is 2.77. The van der Waals surface area contributed by atoms with Crippen molar-refractivity contribution in [2.24, 2.45) is 0 Å². The van der Waals surface area contributed by atoms with Crippen molar-refractivity contribution in [1.29, 1.82) is 0 Å². The van der Waals surface area contributed by atoms with Crippen LogP contribution in [0.15, 0.2) is 78.9 Å². The Bertz CT molecular complexity index is 1070. The molecule has 8 heteroatoms. The molecule has 0 aliphatic carbocycles. The van der Waals surface area contributed by atoms with Crippen LogP contribution in [0.25, 0.3) is 0 Å². The van der Waals surface area contributed by atoms with E-state index in [0.29, 0.717) is 35.8 Å². The minimum atomic E-state index is -0.516. The number of para-hydroxylation sites is 1. The van der Waals surface area contributed by atoms with Gasteiger partial charge in [-0.15, -0.1) is 0 Å². The van der Waals surface area contributed by atoms with Gasteiger partial charge in [0.15, 0.2) is 0 Å². The molecule has 0 saturated carbocycles. The highest BCUT2D eigenvalue weighted by Crippen LogP contribution is 2.17. The third kappa shape index (κ3) is 6.16. The minimum Gasteiger partial charge on any atom is -0.490 e. The van der Waals surface area contributed by atoms with Gasteiger partial charge in [0.05, 0.1) is 12.2 Å². The van der Waals surface area contributed by atoms with Crippen molar-refractivity contribution in [3.05, 3.63) is 95.6 Å². The third-order valence-corrected chi connectivity index (χ3v) is 4.41. The van der Waals surface area contributed by atoms with Crippen molar-refractivity contribution in [1.82, 2.24) is 10.9 Å². The molecule has 0 spiro atoms. The maximum Gasteiger partial charge on any atom is 0.273 e. The number of carbonyl (C=O) groups excluding carboxylic acids is 3. The highest BCUT2D eigenvalue weighted by molar-refractivity contribution is 6.04. The van der Waals surface area contributed by atoms with Gasteiger partial charge in [-0.05, 0) is 48.5 Å². The van der Waals surface area contributed by atoms with E-state index in [0.717, 1.165) is 0 Å². The van der Waals surface area contributed by atoms with E-state index in [4.69, 9.17) is 9.47 Å². The van der Waals surface area contributed by atoms with E-state index in [1.807, 2.05) is 6.07 Å². The van der Waals surface area contributed by atoms with Crippen LogP contribution < -0.4 is 20.9 Å². The molecule has 0 aliphatic heterocycles. The fraction of sp³-hybridized carbons (Fsp3) is 0.125. The molecule has 0 saturated heterocycles. The van der Waals surface area contributed by atoms with Crippen molar-refractivity contribution in [2.75, 3.05) is 25.6 Å². The zero-order valence-electron chi connectivity index (χ0n) is 17.5. The molecule has 32 heavy (non-hydrogen) atoms. The maximum absolute atomic E-state index is 12.5. The van der Waals surface area contributed by atoms with Crippen LogP contribution in [-0.4, -0.2) is 38.0 Å². The van der Waals surface area contributed by atoms with E-state index in [9.17, 15) is 14.4 Å². The Morgan fingerprint density at radius 3 is 2.03 bits per heavy atom. The van der Waals surface area contributed by atoms with Gasteiger partial charge in [-0.3, -0.25) is 25.2 Å². The number of ether oxygens (including phenoxy) is 2. The van der Waals surface area contributed by atoms with Gasteiger partial charge in [0.2, 0.25) is 0 Å². The van der Waals surface area contributed by atoms with Gasteiger partial charge >= 0.3 is 0 Å². The topological polar surface area (TPSA) is 106 Å². The largest absolute Gasteiger partial charge is 0.490 e. The monoisotopic (exact) mass is 433 g/mol. The highest BCUT2D eigenvalue weighted by Gasteiger charge is 2.14. The van der Waals surface area contributed by atoms with Crippen molar-refractivity contribution >= 4 is 23.4 Å². The average molecular weight is 433 g/mol. The Morgan fingerprint density at radius 2 is 1.31 bits per heavy atom. The molecule has 0 aromatic heterocycles. The number of rotatable bonds is 8. The first-order valence-electron chi connectivity index (χ1n) is 9.86. The number of hydrogen-bond acceptors (Lipinski definition) is 5. The fourth-order valence-corrected chi connectivity index (χ4v) is 2.77. The molecule has 8 nitrogen and oxygen atoms in total. The normalized spacial score (nSPS) is 10.2. The second kappa shape index (κ2) is 11.3. The molecule has 3 aromatic carbocycles. The van der Waals surface area contributed by atoms with Gasteiger partial charge in [0, 0.05) is 23.9 Å². The van der Waals surface area contributed by atoms with E-state index in [1.165, 1.54) is 0 Å². The van der Waals surface area contributed by atoms with Gasteiger partial charge in [-0.1, -0.05) is 30.3 Å². The molecule has 3 rings (SSSR count). The second-order valence-electron chi connectivity index (χ2n) is 6.64. The van der Waals surface area contributed by atoms with E-state index in [-0.39, 0.29) is 11.5 Å². The molecular formula is C24H23N3O5. The van der Waals surface area contributed by atoms with Crippen LogP contribution in [0.1, 0.15) is 31.1 Å². The van der Waals surface area contributed by atoms with E-state index >= 15 is 0 Å². The van der Waals surface area contributed by atoms with Gasteiger partial charge in [-0.25, -0.2) is 0 Å². The highest BCUT2D eigenvalue weighted by atomic mass is 16.5. The average Bonchev–Trinajstić information content (AvgIpc) is 2.84. The summed E-state index contributed by atoms with van der Waals surface area (Å²) in [5.74, 6) is -0.883. The number of amides is 3. The summed E-state index contributed by atoms with van der Waals surface area (Å²) in [7, 11) is 1.56. The molecule has 0 radical (unpaired) electrons. The predicted octanol–water partition coefficient (Wildman–Crippen LogP) is 3.04. The van der Waals surface area contributed by atoms with Crippen molar-refractivity contribution in [2.45, 2.75) is 0 Å². The predicted molar refractivity (Wildman–Crippen MR) is 120 cm³/mol. The maximum atomic E-state index is 12.5. The summed E-state index contributed by atoms with van der Waals surface area (Å²) in [6.07, 6.45) is 0. The molecule has 0 atom stereocenters. The Kier molecular flexibility index (Phi) is 7.94. The Hall–Kier alpha value is -4.17. The number of carbonyl (C=O) groups is 3. The van der Waals surface area contributed by atoms with Crippen LogP contribution in [0.5, 0.6) is 5.75 Å². The molecule has 3 aromatic rings. The number of benzene rings is 3. The zero-order chi connectivity index (χ0) is 22.8. The second-order valence-corrected chi connectivity index (χ2v) is 6.64. The SMILES string of the molecule is COCCOc1ccccc1C(=O)NNC(=O)c1ccc(NC(=O)c2ccccc2)cc1. The van der Waals surface area contributed by atoms with Crippen LogP contribution in [0.4, 0.5) is 5.69 Å². The molecule has 0 heterocycles. The summed E-state index contributed by atoms with van der Waals surface area (Å²) >= 11 is 0. The summed E-state index contributed by atoms with van der Waals surface area (Å²) in [6.45, 7) is 0.675. The minimum absolute atomic E-state index is 0.249. The summed E-state index contributed by atoms with van der Waals surface area (Å²) in [5, 5.41) is 2.76. The van der Waals surface area contributed by atoms with Crippen molar-refractivity contribution in [3.63, 3.8) is 0 Å². The number of anilines is 1. The first-order chi connectivity index (χ1) is 15.6. The molecular weight excluding hydrogens is 410 g/mol. The molecule has 0 bridgehead atoms. The lowest BCUT2D eigenvalue weighted by Crippen LogP contribution is -2.41. The van der Waals surface area contributed by atoms with Gasteiger partial charge in [-0.2, -0.15) is 0 Å². The van der Waals surface area contributed by atoms with Crippen LogP contribution in [-0.2, 0) is 4.74 Å². The number of methoxy groups -OCH3 is 1. The van der Waals surface area contributed by atoms with E-state index in [1.54, 1.807) is 79.9 Å². The molecule has 3 N–H and O–H groups in total. The number of nitrogens with one attached hydrogen (secondary N) is 3. The lowest BCUT2D eigenvalue weighted by molar-refractivity contribution is 0.0842. The molecule has 0 aliphatic rings. The molecule has 0 fully saturated rings. The summed E-state index contributed by atoms with van der Waals surface area (Å²) in [4.78, 5) is 37.0.